The highest BCUT2D eigenvalue weighted by Crippen LogP contribution is 2.32. The van der Waals surface area contributed by atoms with Gasteiger partial charge >= 0.3 is 0 Å². The fourth-order valence-corrected chi connectivity index (χ4v) is 4.82. The highest BCUT2D eigenvalue weighted by Gasteiger charge is 2.28. The van der Waals surface area contributed by atoms with E-state index in [1.807, 2.05) is 45.0 Å². The lowest BCUT2D eigenvalue weighted by atomic mass is 10.2. The van der Waals surface area contributed by atoms with Gasteiger partial charge in [-0.3, -0.25) is 4.79 Å². The number of hydrogen-bond donors (Lipinski definition) is 0. The minimum atomic E-state index is -0.924. The summed E-state index contributed by atoms with van der Waals surface area (Å²) in [7, 11) is -0.210. The highest BCUT2D eigenvalue weighted by atomic mass is 32.2. The van der Waals surface area contributed by atoms with E-state index in [0.29, 0.717) is 12.0 Å². The molecule has 4 heteroatoms. The van der Waals surface area contributed by atoms with E-state index in [4.69, 9.17) is 9.47 Å². The van der Waals surface area contributed by atoms with E-state index >= 15 is 0 Å². The van der Waals surface area contributed by atoms with Crippen LogP contribution in [0.25, 0.3) is 0 Å². The first-order valence-electron chi connectivity index (χ1n) is 9.20. The molecule has 1 atom stereocenters. The Bertz CT molecular complexity index is 832. The zero-order valence-electron chi connectivity index (χ0n) is 16.4. The molecule has 0 aromatic heterocycles. The quantitative estimate of drug-likeness (QED) is 0.302. The molecule has 0 amide bonds. The minimum absolute atomic E-state index is 0.210. The molecule has 0 fully saturated rings. The van der Waals surface area contributed by atoms with Crippen molar-refractivity contribution < 1.29 is 14.3 Å². The van der Waals surface area contributed by atoms with Gasteiger partial charge in [-0.2, -0.15) is 0 Å². The van der Waals surface area contributed by atoms with Gasteiger partial charge in [0, 0.05) is 0 Å². The van der Waals surface area contributed by atoms with Crippen LogP contribution in [0.2, 0.25) is 0 Å². The molecule has 0 aliphatic rings. The van der Waals surface area contributed by atoms with E-state index in [2.05, 4.69) is 60.7 Å². The smallest absolute Gasteiger partial charge is 0.257 e. The van der Waals surface area contributed by atoms with Crippen LogP contribution in [-0.4, -0.2) is 18.2 Å². The summed E-state index contributed by atoms with van der Waals surface area (Å²) < 4.78 is 11.3. The Balaban J connectivity index is 1.86. The molecule has 3 nitrogen and oxygen atoms in total. The van der Waals surface area contributed by atoms with Crippen LogP contribution in [0.1, 0.15) is 20.8 Å². The van der Waals surface area contributed by atoms with Crippen molar-refractivity contribution in [1.82, 2.24) is 0 Å². The Morgan fingerprint density at radius 2 is 1.21 bits per heavy atom. The summed E-state index contributed by atoms with van der Waals surface area (Å²) in [6.07, 6.45) is -0.246. The molecular formula is C24H25O3S+. The fourth-order valence-electron chi connectivity index (χ4n) is 2.74. The predicted octanol–water partition coefficient (Wildman–Crippen LogP) is 5.50. The standard InChI is InChI=1S/C24H25O3S/c1-24(2,3)27-23(18-25)26-19-14-16-22(17-15-19)28(20-10-6-4-7-11-20)21-12-8-5-9-13-21/h4-18,23H,1-3H3/q+1. The third kappa shape index (κ3) is 5.47. The number of aldehydes is 1. The summed E-state index contributed by atoms with van der Waals surface area (Å²) in [6, 6.07) is 28.8. The fraction of sp³-hybridized carbons (Fsp3) is 0.208. The lowest BCUT2D eigenvalue weighted by Crippen LogP contribution is -2.32. The number of rotatable bonds is 7. The molecular weight excluding hydrogens is 368 g/mol. The van der Waals surface area contributed by atoms with Crippen LogP contribution in [0.5, 0.6) is 5.75 Å². The van der Waals surface area contributed by atoms with Crippen molar-refractivity contribution in [2.45, 2.75) is 47.3 Å². The Kier molecular flexibility index (Phi) is 6.55. The molecule has 28 heavy (non-hydrogen) atoms. The maximum absolute atomic E-state index is 11.3. The van der Waals surface area contributed by atoms with Crippen LogP contribution in [0.3, 0.4) is 0 Å². The molecule has 3 aromatic rings. The van der Waals surface area contributed by atoms with E-state index in [0.717, 1.165) is 0 Å². The Morgan fingerprint density at radius 3 is 1.64 bits per heavy atom. The first-order chi connectivity index (χ1) is 13.5. The van der Waals surface area contributed by atoms with Gasteiger partial charge in [0.2, 0.25) is 0 Å². The van der Waals surface area contributed by atoms with Crippen LogP contribution in [0, 0.1) is 0 Å². The Hall–Kier alpha value is -2.56. The van der Waals surface area contributed by atoms with Gasteiger partial charge in [0.25, 0.3) is 6.29 Å². The maximum atomic E-state index is 11.3. The van der Waals surface area contributed by atoms with Gasteiger partial charge in [0.1, 0.15) is 5.75 Å². The van der Waals surface area contributed by atoms with Gasteiger partial charge in [0.15, 0.2) is 21.0 Å². The first kappa shape index (κ1) is 20.2. The van der Waals surface area contributed by atoms with E-state index in [1.165, 1.54) is 14.7 Å². The number of ether oxygens (including phenoxy) is 2. The van der Waals surface area contributed by atoms with E-state index < -0.39 is 11.9 Å². The van der Waals surface area contributed by atoms with Gasteiger partial charge in [-0.15, -0.1) is 0 Å². The summed E-state index contributed by atoms with van der Waals surface area (Å²) in [6.45, 7) is 5.67. The van der Waals surface area contributed by atoms with Crippen molar-refractivity contribution >= 4 is 17.2 Å². The van der Waals surface area contributed by atoms with Crippen LogP contribution in [0.4, 0.5) is 0 Å². The van der Waals surface area contributed by atoms with Crippen molar-refractivity contribution in [3.05, 3.63) is 84.9 Å². The number of carbonyl (C=O) groups is 1. The van der Waals surface area contributed by atoms with Crippen LogP contribution < -0.4 is 4.74 Å². The van der Waals surface area contributed by atoms with Crippen molar-refractivity contribution in [2.24, 2.45) is 0 Å². The van der Waals surface area contributed by atoms with Crippen molar-refractivity contribution in [3.63, 3.8) is 0 Å². The minimum Gasteiger partial charge on any atom is -0.458 e. The van der Waals surface area contributed by atoms with E-state index in [1.54, 1.807) is 0 Å². The normalized spacial score (nSPS) is 12.6. The molecule has 0 bridgehead atoms. The number of benzene rings is 3. The second kappa shape index (κ2) is 9.09. The molecule has 0 N–H and O–H groups in total. The van der Waals surface area contributed by atoms with Crippen molar-refractivity contribution in [1.29, 1.82) is 0 Å². The molecule has 0 saturated heterocycles. The van der Waals surface area contributed by atoms with Crippen LogP contribution >= 0.6 is 0 Å². The molecule has 0 heterocycles. The van der Waals surface area contributed by atoms with Crippen molar-refractivity contribution in [3.8, 4) is 5.75 Å². The molecule has 144 valence electrons. The summed E-state index contributed by atoms with van der Waals surface area (Å²) in [5.41, 5.74) is -0.460. The summed E-state index contributed by atoms with van der Waals surface area (Å²) in [5, 5.41) is 0. The third-order valence-corrected chi connectivity index (χ3v) is 6.08. The van der Waals surface area contributed by atoms with E-state index in [-0.39, 0.29) is 10.9 Å². The molecule has 0 aliphatic heterocycles. The van der Waals surface area contributed by atoms with Gasteiger partial charge in [-0.1, -0.05) is 36.4 Å². The van der Waals surface area contributed by atoms with Gasteiger partial charge < -0.3 is 9.47 Å². The van der Waals surface area contributed by atoms with Gasteiger partial charge in [-0.25, -0.2) is 0 Å². The predicted molar refractivity (Wildman–Crippen MR) is 113 cm³/mol. The van der Waals surface area contributed by atoms with E-state index in [9.17, 15) is 4.79 Å². The topological polar surface area (TPSA) is 35.5 Å². The van der Waals surface area contributed by atoms with Gasteiger partial charge in [-0.05, 0) is 69.3 Å². The Labute approximate surface area is 169 Å². The molecule has 0 radical (unpaired) electrons. The van der Waals surface area contributed by atoms with Crippen molar-refractivity contribution in [2.75, 3.05) is 0 Å². The molecule has 0 aliphatic carbocycles. The molecule has 1 unspecified atom stereocenters. The second-order valence-corrected chi connectivity index (χ2v) is 9.28. The molecule has 0 spiro atoms. The average Bonchev–Trinajstić information content (AvgIpc) is 2.69. The van der Waals surface area contributed by atoms with Crippen LogP contribution in [0.15, 0.2) is 99.6 Å². The number of carbonyl (C=O) groups excluding carboxylic acids is 1. The molecule has 3 aromatic carbocycles. The molecule has 0 saturated carbocycles. The Morgan fingerprint density at radius 1 is 0.750 bits per heavy atom. The third-order valence-electron chi connectivity index (χ3n) is 3.85. The second-order valence-electron chi connectivity index (χ2n) is 7.26. The zero-order valence-corrected chi connectivity index (χ0v) is 17.2. The zero-order chi connectivity index (χ0) is 20.0. The lowest BCUT2D eigenvalue weighted by Gasteiger charge is -2.24. The van der Waals surface area contributed by atoms with Crippen LogP contribution in [-0.2, 0) is 20.4 Å². The number of hydrogen-bond acceptors (Lipinski definition) is 3. The summed E-state index contributed by atoms with van der Waals surface area (Å²) >= 11 is 0. The largest absolute Gasteiger partial charge is 0.458 e. The monoisotopic (exact) mass is 393 g/mol. The highest BCUT2D eigenvalue weighted by molar-refractivity contribution is 7.97. The summed E-state index contributed by atoms with van der Waals surface area (Å²) in [4.78, 5) is 15.0. The SMILES string of the molecule is CC(C)(C)OC(C=O)Oc1ccc([S+](c2ccccc2)c2ccccc2)cc1. The van der Waals surface area contributed by atoms with Gasteiger partial charge in [0.05, 0.1) is 16.5 Å². The lowest BCUT2D eigenvalue weighted by molar-refractivity contribution is -0.161. The average molecular weight is 394 g/mol. The molecule has 3 rings (SSSR count). The summed E-state index contributed by atoms with van der Waals surface area (Å²) in [5.74, 6) is 0.606. The maximum Gasteiger partial charge on any atom is 0.257 e. The first-order valence-corrected chi connectivity index (χ1v) is 10.4.